The molecule has 1 aliphatic carbocycles. The molecule has 1 fully saturated rings. The summed E-state index contributed by atoms with van der Waals surface area (Å²) in [6, 6.07) is 0. The van der Waals surface area contributed by atoms with E-state index in [2.05, 4.69) is 34.6 Å². The first kappa shape index (κ1) is 16.0. The Morgan fingerprint density at radius 1 is 1.22 bits per heavy atom. The summed E-state index contributed by atoms with van der Waals surface area (Å²) in [5.41, 5.74) is 6.40. The highest BCUT2D eigenvalue weighted by Gasteiger charge is 2.38. The number of rotatable bonds is 5. The molecule has 1 rings (SSSR count). The van der Waals surface area contributed by atoms with Crippen LogP contribution in [0.25, 0.3) is 0 Å². The van der Waals surface area contributed by atoms with Gasteiger partial charge < -0.3 is 10.5 Å². The van der Waals surface area contributed by atoms with Crippen LogP contribution in [-0.2, 0) is 4.74 Å². The summed E-state index contributed by atoms with van der Waals surface area (Å²) in [6.07, 6.45) is 5.96. The van der Waals surface area contributed by atoms with Crippen molar-refractivity contribution in [3.05, 3.63) is 0 Å². The van der Waals surface area contributed by atoms with E-state index < -0.39 is 0 Å². The highest BCUT2D eigenvalue weighted by atomic mass is 16.5. The molecular weight excluding hydrogens is 222 g/mol. The van der Waals surface area contributed by atoms with Gasteiger partial charge in [0.05, 0.1) is 5.60 Å². The summed E-state index contributed by atoms with van der Waals surface area (Å²) in [6.45, 7) is 13.1. The Hall–Kier alpha value is -0.0800. The van der Waals surface area contributed by atoms with Crippen LogP contribution in [0.3, 0.4) is 0 Å². The normalized spacial score (nSPS) is 29.8. The molecule has 0 bridgehead atoms. The Bertz CT molecular complexity index is 234. The Morgan fingerprint density at radius 3 is 2.17 bits per heavy atom. The van der Waals surface area contributed by atoms with E-state index in [1.165, 1.54) is 12.8 Å². The molecule has 0 radical (unpaired) electrons. The predicted molar refractivity (Wildman–Crippen MR) is 78.6 cm³/mol. The zero-order valence-corrected chi connectivity index (χ0v) is 13.1. The molecule has 1 aliphatic rings. The van der Waals surface area contributed by atoms with Gasteiger partial charge in [0.25, 0.3) is 0 Å². The minimum Gasteiger partial charge on any atom is -0.374 e. The maximum Gasteiger partial charge on any atom is 0.0804 e. The van der Waals surface area contributed by atoms with Gasteiger partial charge in [-0.1, -0.05) is 34.6 Å². The second kappa shape index (κ2) is 6.38. The minimum absolute atomic E-state index is 0.0172. The average molecular weight is 255 g/mol. The quantitative estimate of drug-likeness (QED) is 0.806. The van der Waals surface area contributed by atoms with E-state index in [1.807, 2.05) is 0 Å². The second-order valence-electron chi connectivity index (χ2n) is 7.56. The van der Waals surface area contributed by atoms with Crippen molar-refractivity contribution in [3.63, 3.8) is 0 Å². The van der Waals surface area contributed by atoms with Gasteiger partial charge in [-0.15, -0.1) is 0 Å². The van der Waals surface area contributed by atoms with Crippen molar-refractivity contribution in [1.82, 2.24) is 0 Å². The molecular formula is C16H33NO. The Morgan fingerprint density at radius 2 is 1.78 bits per heavy atom. The fourth-order valence-corrected chi connectivity index (χ4v) is 2.93. The first-order valence-electron chi connectivity index (χ1n) is 7.63. The van der Waals surface area contributed by atoms with Crippen LogP contribution in [-0.4, -0.2) is 18.8 Å². The number of hydrogen-bond acceptors (Lipinski definition) is 2. The van der Waals surface area contributed by atoms with E-state index >= 15 is 0 Å². The molecule has 0 atom stereocenters. The van der Waals surface area contributed by atoms with Gasteiger partial charge in [-0.25, -0.2) is 0 Å². The van der Waals surface area contributed by atoms with E-state index in [9.17, 15) is 0 Å². The molecule has 0 aromatic carbocycles. The van der Waals surface area contributed by atoms with E-state index in [1.54, 1.807) is 0 Å². The van der Waals surface area contributed by atoms with E-state index in [0.717, 1.165) is 31.8 Å². The van der Waals surface area contributed by atoms with Crippen molar-refractivity contribution in [2.45, 2.75) is 72.3 Å². The van der Waals surface area contributed by atoms with E-state index in [4.69, 9.17) is 10.5 Å². The van der Waals surface area contributed by atoms with Crippen LogP contribution in [0.2, 0.25) is 0 Å². The summed E-state index contributed by atoms with van der Waals surface area (Å²) in [5.74, 6) is 1.54. The molecule has 0 aromatic rings. The van der Waals surface area contributed by atoms with E-state index in [-0.39, 0.29) is 5.60 Å². The molecule has 108 valence electrons. The maximum absolute atomic E-state index is 6.17. The van der Waals surface area contributed by atoms with Crippen molar-refractivity contribution >= 4 is 0 Å². The summed E-state index contributed by atoms with van der Waals surface area (Å²) < 4.78 is 6.17. The first-order chi connectivity index (χ1) is 8.29. The molecule has 0 saturated heterocycles. The molecule has 0 unspecified atom stereocenters. The Labute approximate surface area is 114 Å². The van der Waals surface area contributed by atoms with Gasteiger partial charge in [0.15, 0.2) is 0 Å². The molecule has 1 saturated carbocycles. The van der Waals surface area contributed by atoms with Gasteiger partial charge in [-0.3, -0.25) is 0 Å². The lowest BCUT2D eigenvalue weighted by molar-refractivity contribution is -0.0824. The first-order valence-corrected chi connectivity index (χ1v) is 7.63. The molecule has 2 nitrogen and oxygen atoms in total. The van der Waals surface area contributed by atoms with Crippen LogP contribution in [0.1, 0.15) is 66.7 Å². The van der Waals surface area contributed by atoms with Gasteiger partial charge in [-0.05, 0) is 49.4 Å². The standard InChI is InChI=1S/C16H33NO/c1-13(2)8-11-18-16(12-17)9-6-14(7-10-16)15(3,4)5/h13-14H,6-12,17H2,1-5H3. The average Bonchev–Trinajstić information content (AvgIpc) is 2.28. The lowest BCUT2D eigenvalue weighted by atomic mass is 9.68. The van der Waals surface area contributed by atoms with Gasteiger partial charge in [0.2, 0.25) is 0 Å². The molecule has 0 aliphatic heterocycles. The lowest BCUT2D eigenvalue weighted by Gasteiger charge is -2.43. The van der Waals surface area contributed by atoms with Gasteiger partial charge in [0, 0.05) is 13.2 Å². The minimum atomic E-state index is -0.0172. The number of ether oxygens (including phenoxy) is 1. The predicted octanol–water partition coefficient (Wildman–Crippen LogP) is 3.98. The Kier molecular flexibility index (Phi) is 5.67. The highest BCUT2D eigenvalue weighted by Crippen LogP contribution is 2.42. The third kappa shape index (κ3) is 4.55. The number of hydrogen-bond donors (Lipinski definition) is 1. The summed E-state index contributed by atoms with van der Waals surface area (Å²) >= 11 is 0. The summed E-state index contributed by atoms with van der Waals surface area (Å²) in [7, 11) is 0. The van der Waals surface area contributed by atoms with Crippen molar-refractivity contribution in [2.24, 2.45) is 23.0 Å². The van der Waals surface area contributed by atoms with Crippen LogP contribution in [0, 0.1) is 17.3 Å². The largest absolute Gasteiger partial charge is 0.374 e. The lowest BCUT2D eigenvalue weighted by Crippen LogP contribution is -2.45. The van der Waals surface area contributed by atoms with Gasteiger partial charge in [0.1, 0.15) is 0 Å². The van der Waals surface area contributed by atoms with Crippen molar-refractivity contribution in [2.75, 3.05) is 13.2 Å². The summed E-state index contributed by atoms with van der Waals surface area (Å²) in [5, 5.41) is 0. The molecule has 18 heavy (non-hydrogen) atoms. The molecule has 0 spiro atoms. The van der Waals surface area contributed by atoms with Crippen LogP contribution >= 0.6 is 0 Å². The number of nitrogens with two attached hydrogens (primary N) is 1. The smallest absolute Gasteiger partial charge is 0.0804 e. The molecule has 0 amide bonds. The third-order valence-electron chi connectivity index (χ3n) is 4.60. The maximum atomic E-state index is 6.17. The van der Waals surface area contributed by atoms with Gasteiger partial charge in [-0.2, -0.15) is 0 Å². The molecule has 0 heterocycles. The molecule has 2 heteroatoms. The zero-order chi connectivity index (χ0) is 13.8. The molecule has 0 aromatic heterocycles. The van der Waals surface area contributed by atoms with Crippen molar-refractivity contribution in [1.29, 1.82) is 0 Å². The topological polar surface area (TPSA) is 35.2 Å². The van der Waals surface area contributed by atoms with Crippen LogP contribution in [0.4, 0.5) is 0 Å². The van der Waals surface area contributed by atoms with Gasteiger partial charge >= 0.3 is 0 Å². The third-order valence-corrected chi connectivity index (χ3v) is 4.60. The summed E-state index contributed by atoms with van der Waals surface area (Å²) in [4.78, 5) is 0. The second-order valence-corrected chi connectivity index (χ2v) is 7.56. The van der Waals surface area contributed by atoms with Crippen LogP contribution in [0.15, 0.2) is 0 Å². The highest BCUT2D eigenvalue weighted by molar-refractivity contribution is 4.91. The van der Waals surface area contributed by atoms with Crippen molar-refractivity contribution < 1.29 is 4.74 Å². The van der Waals surface area contributed by atoms with Crippen molar-refractivity contribution in [3.8, 4) is 0 Å². The fraction of sp³-hybridized carbons (Fsp3) is 1.00. The van der Waals surface area contributed by atoms with E-state index in [0.29, 0.717) is 17.9 Å². The molecule has 2 N–H and O–H groups in total. The fourth-order valence-electron chi connectivity index (χ4n) is 2.93. The Balaban J connectivity index is 2.44. The SMILES string of the molecule is CC(C)CCOC1(CN)CCC(C(C)(C)C)CC1. The zero-order valence-electron chi connectivity index (χ0n) is 13.1. The van der Waals surface area contributed by atoms with Crippen LogP contribution < -0.4 is 5.73 Å². The van der Waals surface area contributed by atoms with Crippen LogP contribution in [0.5, 0.6) is 0 Å². The monoisotopic (exact) mass is 255 g/mol.